The van der Waals surface area contributed by atoms with Gasteiger partial charge in [-0.25, -0.2) is 14.2 Å². The first-order chi connectivity index (χ1) is 16.0. The van der Waals surface area contributed by atoms with Gasteiger partial charge in [-0.2, -0.15) is 5.26 Å². The van der Waals surface area contributed by atoms with Gasteiger partial charge in [-0.05, 0) is 53.6 Å². The molecule has 0 saturated heterocycles. The van der Waals surface area contributed by atoms with Crippen LogP contribution in [0.15, 0.2) is 85.5 Å². The van der Waals surface area contributed by atoms with Crippen LogP contribution in [0, 0.1) is 17.1 Å². The minimum absolute atomic E-state index is 0.0143. The summed E-state index contributed by atoms with van der Waals surface area (Å²) in [6.45, 7) is 0.313. The fourth-order valence-electron chi connectivity index (χ4n) is 3.94. The third kappa shape index (κ3) is 3.75. The van der Waals surface area contributed by atoms with Crippen molar-refractivity contribution in [3.8, 4) is 23.0 Å². The number of nitrogens with zero attached hydrogens (tertiary/aromatic N) is 4. The Hall–Kier alpha value is -4.70. The lowest BCUT2D eigenvalue weighted by Crippen LogP contribution is -2.04. The van der Waals surface area contributed by atoms with Gasteiger partial charge in [0.05, 0.1) is 17.5 Å². The van der Waals surface area contributed by atoms with Gasteiger partial charge in [0.2, 0.25) is 0 Å². The second-order valence-corrected chi connectivity index (χ2v) is 7.64. The van der Waals surface area contributed by atoms with Crippen LogP contribution in [-0.2, 0) is 6.54 Å². The molecule has 2 heterocycles. The van der Waals surface area contributed by atoms with Crippen molar-refractivity contribution in [1.82, 2.24) is 14.1 Å². The summed E-state index contributed by atoms with van der Waals surface area (Å²) in [5.41, 5.74) is 4.32. The number of hydrogen-bond donors (Lipinski definition) is 1. The molecule has 0 saturated carbocycles. The van der Waals surface area contributed by atoms with E-state index in [9.17, 15) is 14.3 Å². The third-order valence-electron chi connectivity index (χ3n) is 5.61. The Morgan fingerprint density at radius 2 is 1.88 bits per heavy atom. The van der Waals surface area contributed by atoms with E-state index in [1.54, 1.807) is 36.8 Å². The SMILES string of the molecule is N#Cc1ccc(Cn2c(-c3ccc(-n4ccnc4)cc3)cc3ccc(C(=O)O)cc32)cc1F. The van der Waals surface area contributed by atoms with Crippen LogP contribution in [0.5, 0.6) is 0 Å². The fraction of sp³-hybridized carbons (Fsp3) is 0.0385. The predicted molar refractivity (Wildman–Crippen MR) is 122 cm³/mol. The maximum atomic E-state index is 14.2. The van der Waals surface area contributed by atoms with Gasteiger partial charge < -0.3 is 14.2 Å². The van der Waals surface area contributed by atoms with E-state index in [1.807, 2.05) is 51.7 Å². The molecule has 2 aromatic heterocycles. The summed E-state index contributed by atoms with van der Waals surface area (Å²) in [7, 11) is 0. The predicted octanol–water partition coefficient (Wildman–Crippen LogP) is 5.25. The second-order valence-electron chi connectivity index (χ2n) is 7.64. The lowest BCUT2D eigenvalue weighted by molar-refractivity contribution is 0.0697. The van der Waals surface area contributed by atoms with E-state index in [1.165, 1.54) is 12.1 Å². The molecule has 0 atom stereocenters. The molecule has 0 bridgehead atoms. The number of nitriles is 1. The Morgan fingerprint density at radius 3 is 2.55 bits per heavy atom. The summed E-state index contributed by atoms with van der Waals surface area (Å²) in [5, 5.41) is 19.4. The zero-order valence-electron chi connectivity index (χ0n) is 17.3. The molecule has 160 valence electrons. The van der Waals surface area contributed by atoms with Crippen LogP contribution in [-0.4, -0.2) is 25.2 Å². The minimum atomic E-state index is -1.01. The Morgan fingerprint density at radius 1 is 1.06 bits per heavy atom. The van der Waals surface area contributed by atoms with Crippen molar-refractivity contribution < 1.29 is 14.3 Å². The zero-order chi connectivity index (χ0) is 22.9. The van der Waals surface area contributed by atoms with E-state index >= 15 is 0 Å². The highest BCUT2D eigenvalue weighted by Gasteiger charge is 2.15. The molecule has 3 aromatic carbocycles. The molecule has 5 aromatic rings. The molecular formula is C26H17FN4O2. The average molecular weight is 436 g/mol. The van der Waals surface area contributed by atoms with Crippen LogP contribution in [0.1, 0.15) is 21.5 Å². The quantitative estimate of drug-likeness (QED) is 0.408. The molecule has 0 radical (unpaired) electrons. The Bertz CT molecular complexity index is 1530. The summed E-state index contributed by atoms with van der Waals surface area (Å²) in [6.07, 6.45) is 5.29. The number of carboxylic acid groups (broad SMARTS) is 1. The van der Waals surface area contributed by atoms with E-state index in [2.05, 4.69) is 4.98 Å². The van der Waals surface area contributed by atoms with E-state index < -0.39 is 11.8 Å². The monoisotopic (exact) mass is 436 g/mol. The van der Waals surface area contributed by atoms with E-state index in [0.29, 0.717) is 12.1 Å². The van der Waals surface area contributed by atoms with Gasteiger partial charge in [-0.3, -0.25) is 0 Å². The molecule has 0 aliphatic heterocycles. The van der Waals surface area contributed by atoms with Crippen LogP contribution in [0.3, 0.4) is 0 Å². The number of halogens is 1. The number of hydrogen-bond acceptors (Lipinski definition) is 3. The molecule has 0 unspecified atom stereocenters. The van der Waals surface area contributed by atoms with Gasteiger partial charge >= 0.3 is 5.97 Å². The summed E-state index contributed by atoms with van der Waals surface area (Å²) in [5.74, 6) is -1.59. The molecule has 0 aliphatic carbocycles. The summed E-state index contributed by atoms with van der Waals surface area (Å²) < 4.78 is 18.1. The fourth-order valence-corrected chi connectivity index (χ4v) is 3.94. The van der Waals surface area contributed by atoms with Crippen LogP contribution in [0.2, 0.25) is 0 Å². The normalized spacial score (nSPS) is 10.9. The summed E-state index contributed by atoms with van der Waals surface area (Å²) in [4.78, 5) is 15.6. The van der Waals surface area contributed by atoms with Crippen molar-refractivity contribution in [1.29, 1.82) is 5.26 Å². The van der Waals surface area contributed by atoms with Gasteiger partial charge in [0.1, 0.15) is 11.9 Å². The Kier molecular flexibility index (Phi) is 4.96. The topological polar surface area (TPSA) is 83.8 Å². The molecule has 5 rings (SSSR count). The average Bonchev–Trinajstić information content (AvgIpc) is 3.48. The van der Waals surface area contributed by atoms with Crippen molar-refractivity contribution >= 4 is 16.9 Å². The largest absolute Gasteiger partial charge is 0.478 e. The minimum Gasteiger partial charge on any atom is -0.478 e. The van der Waals surface area contributed by atoms with Crippen molar-refractivity contribution in [3.63, 3.8) is 0 Å². The van der Waals surface area contributed by atoms with Crippen LogP contribution in [0.4, 0.5) is 4.39 Å². The standard InChI is InChI=1S/C26H17FN4O2/c27-23-11-17(1-2-21(23)14-28)15-31-24(12-19-3-4-20(26(32)33)13-25(19)31)18-5-7-22(8-6-18)30-10-9-29-16-30/h1-13,16H,15H2,(H,32,33). The number of carboxylic acids is 1. The van der Waals surface area contributed by atoms with Gasteiger partial charge in [0, 0.05) is 41.2 Å². The lowest BCUT2D eigenvalue weighted by Gasteiger charge is -2.13. The first-order valence-corrected chi connectivity index (χ1v) is 10.2. The van der Waals surface area contributed by atoms with Crippen LogP contribution in [0.25, 0.3) is 27.8 Å². The highest BCUT2D eigenvalue weighted by Crippen LogP contribution is 2.31. The van der Waals surface area contributed by atoms with Crippen molar-refractivity contribution in [2.24, 2.45) is 0 Å². The highest BCUT2D eigenvalue weighted by atomic mass is 19.1. The van der Waals surface area contributed by atoms with Gasteiger partial charge in [-0.1, -0.05) is 24.3 Å². The number of fused-ring (bicyclic) bond motifs is 1. The summed E-state index contributed by atoms with van der Waals surface area (Å²) in [6, 6.07) is 21.2. The van der Waals surface area contributed by atoms with Gasteiger partial charge in [0.15, 0.2) is 0 Å². The van der Waals surface area contributed by atoms with Crippen molar-refractivity contribution in [3.05, 3.63) is 108 Å². The zero-order valence-corrected chi connectivity index (χ0v) is 17.3. The Labute approximate surface area is 188 Å². The number of aromatic carboxylic acids is 1. The van der Waals surface area contributed by atoms with Crippen molar-refractivity contribution in [2.75, 3.05) is 0 Å². The number of carbonyl (C=O) groups is 1. The van der Waals surface area contributed by atoms with E-state index in [-0.39, 0.29) is 11.1 Å². The highest BCUT2D eigenvalue weighted by molar-refractivity contribution is 5.95. The number of imidazole rings is 1. The first-order valence-electron chi connectivity index (χ1n) is 10.2. The van der Waals surface area contributed by atoms with E-state index in [4.69, 9.17) is 5.26 Å². The number of aromatic nitrogens is 3. The molecule has 0 spiro atoms. The maximum Gasteiger partial charge on any atom is 0.335 e. The molecular weight excluding hydrogens is 419 g/mol. The first kappa shape index (κ1) is 20.2. The second kappa shape index (κ2) is 8.09. The number of benzene rings is 3. The molecule has 6 nitrogen and oxygen atoms in total. The maximum absolute atomic E-state index is 14.2. The molecule has 1 N–H and O–H groups in total. The summed E-state index contributed by atoms with van der Waals surface area (Å²) >= 11 is 0. The van der Waals surface area contributed by atoms with Crippen LogP contribution >= 0.6 is 0 Å². The van der Waals surface area contributed by atoms with Crippen LogP contribution < -0.4 is 0 Å². The van der Waals surface area contributed by atoms with E-state index in [0.717, 1.165) is 27.8 Å². The number of rotatable bonds is 5. The molecule has 33 heavy (non-hydrogen) atoms. The lowest BCUT2D eigenvalue weighted by atomic mass is 10.1. The molecule has 0 fully saturated rings. The molecule has 7 heteroatoms. The van der Waals surface area contributed by atoms with Gasteiger partial charge in [-0.15, -0.1) is 0 Å². The smallest absolute Gasteiger partial charge is 0.335 e. The van der Waals surface area contributed by atoms with Gasteiger partial charge in [0.25, 0.3) is 0 Å². The Balaban J connectivity index is 1.64. The molecule has 0 aliphatic rings. The molecule has 0 amide bonds. The van der Waals surface area contributed by atoms with Crippen molar-refractivity contribution in [2.45, 2.75) is 6.54 Å². The third-order valence-corrected chi connectivity index (χ3v) is 5.61.